The van der Waals surface area contributed by atoms with Gasteiger partial charge in [0.25, 0.3) is 0 Å². The summed E-state index contributed by atoms with van der Waals surface area (Å²) < 4.78 is 19.2. The first-order valence-corrected chi connectivity index (χ1v) is 7.14. The second kappa shape index (κ2) is 6.78. The Morgan fingerprint density at radius 3 is 2.85 bits per heavy atom. The number of unbranched alkanes of at least 4 members (excludes halogenated alkanes) is 1. The molecule has 0 amide bonds. The number of hydrogen-bond donors (Lipinski definition) is 1. The van der Waals surface area contributed by atoms with Gasteiger partial charge in [-0.3, -0.25) is 4.79 Å². The lowest BCUT2D eigenvalue weighted by atomic mass is 10.2. The molecule has 0 unspecified atom stereocenters. The van der Waals surface area contributed by atoms with Crippen LogP contribution in [0.1, 0.15) is 25.2 Å². The van der Waals surface area contributed by atoms with Crippen molar-refractivity contribution in [3.8, 4) is 11.5 Å². The first-order valence-electron chi connectivity index (χ1n) is 6.06. The Balaban J connectivity index is 1.99. The number of benzene rings is 1. The highest BCUT2D eigenvalue weighted by Gasteiger charge is 2.12. The third kappa shape index (κ3) is 3.99. The predicted octanol–water partition coefficient (Wildman–Crippen LogP) is 3.28. The molecule has 2 rings (SSSR count). The molecule has 0 bridgehead atoms. The monoisotopic (exact) mass is 390 g/mol. The lowest BCUT2D eigenvalue weighted by Crippen LogP contribution is -1.95. The highest BCUT2D eigenvalue weighted by Crippen LogP contribution is 2.25. The summed E-state index contributed by atoms with van der Waals surface area (Å²) in [7, 11) is 0. The number of carboxylic acid groups (broad SMARTS) is 1. The summed E-state index contributed by atoms with van der Waals surface area (Å²) in [6.07, 6.45) is 1.92. The molecule has 0 saturated heterocycles. The Kier molecular flexibility index (Phi) is 5.05. The van der Waals surface area contributed by atoms with Gasteiger partial charge in [0.15, 0.2) is 0 Å². The van der Waals surface area contributed by atoms with Crippen molar-refractivity contribution in [3.63, 3.8) is 0 Å². The average Bonchev–Trinajstić information content (AvgIpc) is 2.83. The van der Waals surface area contributed by atoms with Crippen molar-refractivity contribution < 1.29 is 18.7 Å². The lowest BCUT2D eigenvalue weighted by Gasteiger charge is -1.98. The van der Waals surface area contributed by atoms with Crippen LogP contribution in [0, 0.1) is 9.39 Å². The summed E-state index contributed by atoms with van der Waals surface area (Å²) in [5.74, 6) is -0.309. The van der Waals surface area contributed by atoms with Crippen LogP contribution in [0.25, 0.3) is 11.5 Å². The topological polar surface area (TPSA) is 76.2 Å². The number of aromatic nitrogens is 2. The summed E-state index contributed by atoms with van der Waals surface area (Å²) in [5.41, 5.74) is 0.691. The van der Waals surface area contributed by atoms with Crippen molar-refractivity contribution in [2.24, 2.45) is 0 Å². The fourth-order valence-electron chi connectivity index (χ4n) is 1.68. The molecule has 1 aromatic carbocycles. The zero-order chi connectivity index (χ0) is 14.5. The van der Waals surface area contributed by atoms with Gasteiger partial charge in [-0.1, -0.05) is 0 Å². The molecule has 0 aliphatic heterocycles. The minimum absolute atomic E-state index is 0.136. The van der Waals surface area contributed by atoms with Crippen molar-refractivity contribution >= 4 is 28.6 Å². The maximum atomic E-state index is 13.0. The molecule has 0 aliphatic carbocycles. The van der Waals surface area contributed by atoms with Crippen molar-refractivity contribution in [1.29, 1.82) is 0 Å². The van der Waals surface area contributed by atoms with Gasteiger partial charge in [-0.15, -0.1) is 10.2 Å². The van der Waals surface area contributed by atoms with E-state index in [9.17, 15) is 9.18 Å². The third-order valence-corrected chi connectivity index (χ3v) is 3.55. The minimum Gasteiger partial charge on any atom is -0.481 e. The van der Waals surface area contributed by atoms with E-state index in [-0.39, 0.29) is 12.2 Å². The summed E-state index contributed by atoms with van der Waals surface area (Å²) in [6.45, 7) is 0. The normalized spacial score (nSPS) is 10.7. The average molecular weight is 390 g/mol. The minimum atomic E-state index is -0.808. The summed E-state index contributed by atoms with van der Waals surface area (Å²) in [4.78, 5) is 10.4. The quantitative estimate of drug-likeness (QED) is 0.605. The maximum absolute atomic E-state index is 13.0. The van der Waals surface area contributed by atoms with Gasteiger partial charge in [-0.2, -0.15) is 0 Å². The molecule has 0 spiro atoms. The Morgan fingerprint density at radius 1 is 1.35 bits per heavy atom. The van der Waals surface area contributed by atoms with Gasteiger partial charge in [-0.25, -0.2) is 4.39 Å². The Hall–Kier alpha value is -1.51. The standard InChI is InChI=1S/C13H12FIN2O3/c14-8-5-6-9(10(15)7-8)13-17-16-11(20-13)3-1-2-4-12(18)19/h5-7H,1-4H2,(H,18,19). The molecule has 5 nitrogen and oxygen atoms in total. The highest BCUT2D eigenvalue weighted by atomic mass is 127. The zero-order valence-electron chi connectivity index (χ0n) is 10.5. The maximum Gasteiger partial charge on any atom is 0.303 e. The van der Waals surface area contributed by atoms with E-state index in [1.165, 1.54) is 12.1 Å². The number of hydrogen-bond acceptors (Lipinski definition) is 4. The number of carbonyl (C=O) groups is 1. The van der Waals surface area contributed by atoms with Gasteiger partial charge < -0.3 is 9.52 Å². The second-order valence-corrected chi connectivity index (χ2v) is 5.39. The van der Waals surface area contributed by atoms with E-state index in [0.29, 0.717) is 40.2 Å². The van der Waals surface area contributed by atoms with Gasteiger partial charge in [0.05, 0.1) is 5.56 Å². The van der Waals surface area contributed by atoms with E-state index in [2.05, 4.69) is 10.2 Å². The smallest absolute Gasteiger partial charge is 0.303 e. The molecular formula is C13H12FIN2O3. The van der Waals surface area contributed by atoms with Crippen LogP contribution >= 0.6 is 22.6 Å². The number of carboxylic acids is 1. The molecule has 1 aromatic heterocycles. The summed E-state index contributed by atoms with van der Waals surface area (Å²) >= 11 is 2.01. The Morgan fingerprint density at radius 2 is 2.15 bits per heavy atom. The fourth-order valence-corrected chi connectivity index (χ4v) is 2.39. The Labute approximate surface area is 128 Å². The SMILES string of the molecule is O=C(O)CCCCc1nnc(-c2ccc(F)cc2I)o1. The molecule has 0 aliphatic rings. The highest BCUT2D eigenvalue weighted by molar-refractivity contribution is 14.1. The Bertz CT molecular complexity index is 615. The first kappa shape index (κ1) is 14.9. The molecule has 1 heterocycles. The molecule has 0 radical (unpaired) electrons. The molecular weight excluding hydrogens is 378 g/mol. The van der Waals surface area contributed by atoms with E-state index >= 15 is 0 Å². The second-order valence-electron chi connectivity index (χ2n) is 4.23. The lowest BCUT2D eigenvalue weighted by molar-refractivity contribution is -0.137. The van der Waals surface area contributed by atoms with Gasteiger partial charge in [0.1, 0.15) is 5.82 Å². The van der Waals surface area contributed by atoms with Gasteiger partial charge in [0.2, 0.25) is 11.8 Å². The molecule has 0 saturated carbocycles. The van der Waals surface area contributed by atoms with Crippen molar-refractivity contribution in [2.75, 3.05) is 0 Å². The number of halogens is 2. The van der Waals surface area contributed by atoms with E-state index < -0.39 is 5.97 Å². The molecule has 106 valence electrons. The molecule has 1 N–H and O–H groups in total. The molecule has 20 heavy (non-hydrogen) atoms. The number of aliphatic carboxylic acids is 1. The van der Waals surface area contributed by atoms with Crippen molar-refractivity contribution in [3.05, 3.63) is 33.5 Å². The summed E-state index contributed by atoms with van der Waals surface area (Å²) in [5, 5.41) is 16.4. The van der Waals surface area contributed by atoms with Crippen LogP contribution in [0.2, 0.25) is 0 Å². The predicted molar refractivity (Wildman–Crippen MR) is 77.6 cm³/mol. The number of nitrogens with zero attached hydrogens (tertiary/aromatic N) is 2. The van der Waals surface area contributed by atoms with Gasteiger partial charge in [-0.05, 0) is 53.6 Å². The zero-order valence-corrected chi connectivity index (χ0v) is 12.6. The molecule has 0 fully saturated rings. The van der Waals surface area contributed by atoms with Gasteiger partial charge in [0, 0.05) is 16.4 Å². The van der Waals surface area contributed by atoms with Crippen LogP contribution in [-0.4, -0.2) is 21.3 Å². The van der Waals surface area contributed by atoms with Gasteiger partial charge >= 0.3 is 5.97 Å². The van der Waals surface area contributed by atoms with E-state index in [1.807, 2.05) is 22.6 Å². The van der Waals surface area contributed by atoms with Crippen molar-refractivity contribution in [2.45, 2.75) is 25.7 Å². The van der Waals surface area contributed by atoms with Crippen LogP contribution in [-0.2, 0) is 11.2 Å². The molecule has 7 heteroatoms. The molecule has 2 aromatic rings. The fraction of sp³-hybridized carbons (Fsp3) is 0.308. The number of rotatable bonds is 6. The summed E-state index contributed by atoms with van der Waals surface area (Å²) in [6, 6.07) is 4.33. The third-order valence-electron chi connectivity index (χ3n) is 2.66. The van der Waals surface area contributed by atoms with E-state index in [1.54, 1.807) is 6.07 Å². The van der Waals surface area contributed by atoms with Crippen LogP contribution < -0.4 is 0 Å². The van der Waals surface area contributed by atoms with Crippen LogP contribution in [0.3, 0.4) is 0 Å². The largest absolute Gasteiger partial charge is 0.481 e. The molecule has 0 atom stereocenters. The number of aryl methyl sites for hydroxylation is 1. The van der Waals surface area contributed by atoms with Crippen LogP contribution in [0.4, 0.5) is 4.39 Å². The van der Waals surface area contributed by atoms with Crippen LogP contribution in [0.15, 0.2) is 22.6 Å². The first-order chi connectivity index (χ1) is 9.56. The van der Waals surface area contributed by atoms with Crippen LogP contribution in [0.5, 0.6) is 0 Å². The van der Waals surface area contributed by atoms with Crippen molar-refractivity contribution in [1.82, 2.24) is 10.2 Å². The van der Waals surface area contributed by atoms with E-state index in [0.717, 1.165) is 0 Å². The van der Waals surface area contributed by atoms with E-state index in [4.69, 9.17) is 9.52 Å².